The fourth-order valence-corrected chi connectivity index (χ4v) is 5.34. The molecule has 13 heteroatoms. The molecule has 1 aromatic heterocycles. The van der Waals surface area contributed by atoms with Gasteiger partial charge in [-0.25, -0.2) is 8.42 Å². The van der Waals surface area contributed by atoms with E-state index in [0.717, 1.165) is 17.5 Å². The molecule has 2 aromatic rings. The van der Waals surface area contributed by atoms with Crippen LogP contribution in [-0.2, 0) is 33.2 Å². The molecule has 1 atom stereocenters. The molecule has 0 fully saturated rings. The zero-order chi connectivity index (χ0) is 25.6. The van der Waals surface area contributed by atoms with Crippen molar-refractivity contribution < 1.29 is 37.7 Å². The van der Waals surface area contributed by atoms with Crippen molar-refractivity contribution in [2.24, 2.45) is 0 Å². The quantitative estimate of drug-likeness (QED) is 0.522. The van der Waals surface area contributed by atoms with E-state index in [1.54, 1.807) is 12.1 Å². The van der Waals surface area contributed by atoms with E-state index in [0.29, 0.717) is 11.3 Å². The summed E-state index contributed by atoms with van der Waals surface area (Å²) in [5.74, 6) is -0.987. The van der Waals surface area contributed by atoms with Crippen LogP contribution in [0.2, 0.25) is 0 Å². The van der Waals surface area contributed by atoms with Crippen LogP contribution >= 0.6 is 10.2 Å². The van der Waals surface area contributed by atoms with Crippen molar-refractivity contribution in [2.45, 2.75) is 43.4 Å². The second-order valence-electron chi connectivity index (χ2n) is 8.65. The molecule has 6 nitrogen and oxygen atoms in total. The van der Waals surface area contributed by atoms with Crippen LogP contribution in [0.25, 0.3) is 0 Å². The zero-order valence-corrected chi connectivity index (χ0v) is 19.8. The van der Waals surface area contributed by atoms with Gasteiger partial charge in [0.15, 0.2) is 9.84 Å². The van der Waals surface area contributed by atoms with Gasteiger partial charge in [0, 0.05) is 18.1 Å². The van der Waals surface area contributed by atoms with Crippen LogP contribution < -0.4 is 0 Å². The van der Waals surface area contributed by atoms with Crippen molar-refractivity contribution in [3.8, 4) is 0 Å². The average Bonchev–Trinajstić information content (AvgIpc) is 3.03. The summed E-state index contributed by atoms with van der Waals surface area (Å²) in [6, 6.07) is 4.34. The highest BCUT2D eigenvalue weighted by Gasteiger charge is 2.65. The van der Waals surface area contributed by atoms with E-state index in [1.807, 2.05) is 0 Å². The van der Waals surface area contributed by atoms with Gasteiger partial charge >= 0.3 is 10.2 Å². The molecule has 0 spiro atoms. The minimum absolute atomic E-state index is 0.0531. The first-order valence-corrected chi connectivity index (χ1v) is 13.6. The fourth-order valence-electron chi connectivity index (χ4n) is 3.39. The number of benzene rings is 1. The maximum absolute atomic E-state index is 13.1. The van der Waals surface area contributed by atoms with Crippen molar-refractivity contribution in [1.29, 1.82) is 0 Å². The summed E-state index contributed by atoms with van der Waals surface area (Å²) in [6.45, 7) is 2.97. The molecule has 1 amide bonds. The van der Waals surface area contributed by atoms with Crippen LogP contribution in [-0.4, -0.2) is 41.1 Å². The number of amides is 1. The van der Waals surface area contributed by atoms with Gasteiger partial charge in [0.25, 0.3) is 0 Å². The number of sulfone groups is 1. The van der Waals surface area contributed by atoms with Crippen LogP contribution in [0.15, 0.2) is 59.0 Å². The minimum Gasteiger partial charge on any atom is -0.384 e. The number of hydrogen-bond donors (Lipinski definition) is 1. The molecule has 1 aromatic carbocycles. The SMILES string of the molecule is CC(C)(O)c1cc(CN(C(=O)Cc2ccc(S(F)(F)(F)(F)F)cc2)[C@@H]2C=CS(=O)(=O)C2)ccn1. The van der Waals surface area contributed by atoms with E-state index < -0.39 is 48.9 Å². The molecular weight excluding hydrogens is 503 g/mol. The number of halogens is 5. The van der Waals surface area contributed by atoms with Gasteiger partial charge in [0.05, 0.1) is 23.9 Å². The van der Waals surface area contributed by atoms with Gasteiger partial charge in [-0.3, -0.25) is 9.78 Å². The van der Waals surface area contributed by atoms with E-state index in [9.17, 15) is 37.7 Å². The lowest BCUT2D eigenvalue weighted by Gasteiger charge is -2.40. The van der Waals surface area contributed by atoms with Crippen LogP contribution in [0.4, 0.5) is 19.4 Å². The Kier molecular flexibility index (Phi) is 5.95. The molecule has 0 unspecified atom stereocenters. The predicted octanol–water partition coefficient (Wildman–Crippen LogP) is 4.85. The third-order valence-corrected chi connectivity index (χ3v) is 7.70. The van der Waals surface area contributed by atoms with Crippen molar-refractivity contribution in [1.82, 2.24) is 9.88 Å². The Morgan fingerprint density at radius 1 is 1.12 bits per heavy atom. The fraction of sp³-hybridized carbons (Fsp3) is 0.333. The lowest BCUT2D eigenvalue weighted by Crippen LogP contribution is -2.41. The summed E-state index contributed by atoms with van der Waals surface area (Å²) < 4.78 is 88.5. The number of carbonyl (C=O) groups is 1. The molecule has 0 radical (unpaired) electrons. The summed E-state index contributed by atoms with van der Waals surface area (Å²) in [7, 11) is -13.4. The highest BCUT2D eigenvalue weighted by molar-refractivity contribution is 8.45. The normalized spacial score (nSPS) is 19.9. The van der Waals surface area contributed by atoms with E-state index in [1.165, 1.54) is 31.0 Å². The first-order valence-electron chi connectivity index (χ1n) is 9.95. The Balaban J connectivity index is 1.87. The van der Waals surface area contributed by atoms with Crippen molar-refractivity contribution in [3.63, 3.8) is 0 Å². The maximum atomic E-state index is 13.1. The zero-order valence-electron chi connectivity index (χ0n) is 18.2. The molecule has 34 heavy (non-hydrogen) atoms. The smallest absolute Gasteiger partial charge is 0.310 e. The summed E-state index contributed by atoms with van der Waals surface area (Å²) >= 11 is 0. The van der Waals surface area contributed by atoms with Crippen LogP contribution in [0.1, 0.15) is 30.7 Å². The lowest BCUT2D eigenvalue weighted by atomic mass is 10.0. The molecule has 0 aliphatic carbocycles. The van der Waals surface area contributed by atoms with Gasteiger partial charge in [-0.2, -0.15) is 0 Å². The maximum Gasteiger partial charge on any atom is 0.310 e. The number of hydrogen-bond acceptors (Lipinski definition) is 5. The first kappa shape index (κ1) is 26.1. The summed E-state index contributed by atoms with van der Waals surface area (Å²) in [6.07, 6.45) is 2.32. The molecular formula is C21H23F5N2O4S2. The predicted molar refractivity (Wildman–Crippen MR) is 118 cm³/mol. The van der Waals surface area contributed by atoms with E-state index in [4.69, 9.17) is 0 Å². The molecule has 2 heterocycles. The number of pyridine rings is 1. The highest BCUT2D eigenvalue weighted by Crippen LogP contribution is 3.02. The van der Waals surface area contributed by atoms with Crippen molar-refractivity contribution >= 4 is 26.0 Å². The molecule has 3 rings (SSSR count). The molecule has 0 bridgehead atoms. The summed E-state index contributed by atoms with van der Waals surface area (Å²) in [5.41, 5.74) is -0.364. The van der Waals surface area contributed by atoms with Gasteiger partial charge < -0.3 is 10.0 Å². The minimum atomic E-state index is -9.84. The Bertz CT molecular complexity index is 1240. The molecule has 0 saturated heterocycles. The van der Waals surface area contributed by atoms with Gasteiger partial charge in [-0.05, 0) is 55.3 Å². The number of nitrogens with zero attached hydrogens (tertiary/aromatic N) is 2. The lowest BCUT2D eigenvalue weighted by molar-refractivity contribution is -0.132. The second kappa shape index (κ2) is 7.75. The Hall–Kier alpha value is -2.51. The Morgan fingerprint density at radius 3 is 2.24 bits per heavy atom. The average molecular weight is 527 g/mol. The molecule has 0 saturated carbocycles. The van der Waals surface area contributed by atoms with E-state index in [-0.39, 0.29) is 30.0 Å². The van der Waals surface area contributed by atoms with Crippen molar-refractivity contribution in [2.75, 3.05) is 5.75 Å². The van der Waals surface area contributed by atoms with Crippen LogP contribution in [0.3, 0.4) is 0 Å². The van der Waals surface area contributed by atoms with Gasteiger partial charge in [0.1, 0.15) is 10.5 Å². The molecule has 1 N–H and O–H groups in total. The summed E-state index contributed by atoms with van der Waals surface area (Å²) in [4.78, 5) is 16.3. The number of aliphatic hydroxyl groups is 1. The molecule has 188 valence electrons. The van der Waals surface area contributed by atoms with E-state index >= 15 is 0 Å². The largest absolute Gasteiger partial charge is 0.384 e. The Morgan fingerprint density at radius 2 is 1.74 bits per heavy atom. The van der Waals surface area contributed by atoms with Crippen LogP contribution in [0, 0.1) is 0 Å². The molecule has 1 aliphatic rings. The van der Waals surface area contributed by atoms with Gasteiger partial charge in [-0.15, -0.1) is 0 Å². The number of rotatable bonds is 7. The van der Waals surface area contributed by atoms with Crippen molar-refractivity contribution in [3.05, 3.63) is 70.9 Å². The number of carbonyl (C=O) groups excluding carboxylic acids is 1. The monoisotopic (exact) mass is 526 g/mol. The van der Waals surface area contributed by atoms with Crippen LogP contribution in [0.5, 0.6) is 0 Å². The van der Waals surface area contributed by atoms with Gasteiger partial charge in [-0.1, -0.05) is 31.6 Å². The first-order chi connectivity index (χ1) is 15.2. The third-order valence-electron chi connectivity index (χ3n) is 5.16. The topological polar surface area (TPSA) is 87.6 Å². The Labute approximate surface area is 193 Å². The van der Waals surface area contributed by atoms with E-state index in [2.05, 4.69) is 4.98 Å². The molecule has 1 aliphatic heterocycles. The second-order valence-corrected chi connectivity index (χ2v) is 13.0. The standard InChI is InChI=1S/C21H23F5N2O4S2/c1-21(2,30)19-11-16(7-9-27-19)13-28(17-8-10-33(31,32)14-17)20(29)12-15-3-5-18(6-4-15)34(22,23,24,25)26/h3-11,17,30H,12-14H2,1-2H3/t17-/m1/s1. The third kappa shape index (κ3) is 6.54. The highest BCUT2D eigenvalue weighted by atomic mass is 32.5. The van der Waals surface area contributed by atoms with Gasteiger partial charge in [0.2, 0.25) is 5.91 Å². The summed E-state index contributed by atoms with van der Waals surface area (Å²) in [5, 5.41) is 11.2. The number of aromatic nitrogens is 1.